The molecule has 6 atom stereocenters. The molecule has 0 aromatic heterocycles. The SMILES string of the molecule is CC(C)CCCC(C)CCC(C)COC(C)(C)CCOC(C)(C)P(=O)(O)OC(C)CCOC(C)(C)CC(C)CCC(C)CCCC(C)C. The highest BCUT2D eigenvalue weighted by molar-refractivity contribution is 7.54. The van der Waals surface area contributed by atoms with Crippen molar-refractivity contribution in [2.75, 3.05) is 19.8 Å². The normalized spacial score (nSPS) is 17.8. The second-order valence-electron chi connectivity index (χ2n) is 18.4. The van der Waals surface area contributed by atoms with E-state index in [1.54, 1.807) is 13.8 Å². The molecule has 0 radical (unpaired) electrons. The van der Waals surface area contributed by atoms with Crippen molar-refractivity contribution in [3.8, 4) is 0 Å². The van der Waals surface area contributed by atoms with Crippen molar-refractivity contribution < 1.29 is 28.2 Å². The van der Waals surface area contributed by atoms with Gasteiger partial charge in [0.25, 0.3) is 0 Å². The van der Waals surface area contributed by atoms with Crippen LogP contribution in [0.1, 0.15) is 187 Å². The van der Waals surface area contributed by atoms with Crippen LogP contribution < -0.4 is 0 Å². The summed E-state index contributed by atoms with van der Waals surface area (Å²) < 4.78 is 37.6. The van der Waals surface area contributed by atoms with E-state index >= 15 is 0 Å². The van der Waals surface area contributed by atoms with E-state index in [0.717, 1.165) is 30.1 Å². The van der Waals surface area contributed by atoms with E-state index in [0.29, 0.717) is 44.5 Å². The quantitative estimate of drug-likeness (QED) is 0.0750. The van der Waals surface area contributed by atoms with E-state index in [-0.39, 0.29) is 11.2 Å². The molecule has 0 aliphatic carbocycles. The van der Waals surface area contributed by atoms with Crippen molar-refractivity contribution in [1.82, 2.24) is 0 Å². The lowest BCUT2D eigenvalue weighted by Crippen LogP contribution is -2.33. The summed E-state index contributed by atoms with van der Waals surface area (Å²) in [5, 5.41) is -1.32. The van der Waals surface area contributed by atoms with Gasteiger partial charge in [0.15, 0.2) is 5.34 Å². The second kappa shape index (κ2) is 23.6. The van der Waals surface area contributed by atoms with Crippen LogP contribution in [0.2, 0.25) is 0 Å². The highest BCUT2D eigenvalue weighted by atomic mass is 31.2. The van der Waals surface area contributed by atoms with Crippen molar-refractivity contribution in [3.63, 3.8) is 0 Å². The van der Waals surface area contributed by atoms with Gasteiger partial charge in [0.05, 0.1) is 23.9 Å². The van der Waals surface area contributed by atoms with Crippen molar-refractivity contribution in [2.24, 2.45) is 35.5 Å². The minimum Gasteiger partial charge on any atom is -0.375 e. The van der Waals surface area contributed by atoms with E-state index < -0.39 is 19.0 Å². The molecular weight excluding hydrogens is 619 g/mol. The van der Waals surface area contributed by atoms with Gasteiger partial charge < -0.3 is 23.6 Å². The minimum atomic E-state index is -4.05. The van der Waals surface area contributed by atoms with Crippen LogP contribution in [0, 0.1) is 35.5 Å². The molecule has 0 saturated heterocycles. The molecule has 0 spiro atoms. The average Bonchev–Trinajstić information content (AvgIpc) is 2.92. The molecule has 6 nitrogen and oxygen atoms in total. The van der Waals surface area contributed by atoms with Crippen LogP contribution in [0.25, 0.3) is 0 Å². The topological polar surface area (TPSA) is 74.2 Å². The van der Waals surface area contributed by atoms with Crippen LogP contribution >= 0.6 is 7.60 Å². The molecule has 1 N–H and O–H groups in total. The summed E-state index contributed by atoms with van der Waals surface area (Å²) in [5.74, 6) is 4.21. The molecule has 0 aromatic carbocycles. The maximum atomic E-state index is 13.3. The fourth-order valence-electron chi connectivity index (χ4n) is 6.25. The van der Waals surface area contributed by atoms with Gasteiger partial charge in [-0.05, 0) is 110 Å². The second-order valence-corrected chi connectivity index (χ2v) is 20.7. The van der Waals surface area contributed by atoms with Gasteiger partial charge in [-0.2, -0.15) is 0 Å². The van der Waals surface area contributed by atoms with Crippen LogP contribution in [0.4, 0.5) is 0 Å². The third-order valence-corrected chi connectivity index (χ3v) is 12.2. The molecule has 48 heavy (non-hydrogen) atoms. The molecule has 0 saturated carbocycles. The Morgan fingerprint density at radius 1 is 0.542 bits per heavy atom. The number of hydrogen-bond acceptors (Lipinski definition) is 5. The summed E-state index contributed by atoms with van der Waals surface area (Å²) >= 11 is 0. The summed E-state index contributed by atoms with van der Waals surface area (Å²) in [6.45, 7) is 33.6. The van der Waals surface area contributed by atoms with Crippen LogP contribution in [-0.4, -0.2) is 47.4 Å². The third kappa shape index (κ3) is 24.3. The summed E-state index contributed by atoms with van der Waals surface area (Å²) in [6, 6.07) is 0. The Kier molecular flexibility index (Phi) is 23.6. The van der Waals surface area contributed by atoms with E-state index in [4.69, 9.17) is 18.7 Å². The number of ether oxygens (including phenoxy) is 3. The zero-order valence-electron chi connectivity index (χ0n) is 34.8. The average molecular weight is 705 g/mol. The van der Waals surface area contributed by atoms with E-state index in [1.807, 2.05) is 6.92 Å². The molecular formula is C41H85O6P. The Morgan fingerprint density at radius 2 is 1.02 bits per heavy atom. The molecule has 290 valence electrons. The van der Waals surface area contributed by atoms with Gasteiger partial charge in [-0.1, -0.05) is 113 Å². The molecule has 0 aliphatic heterocycles. The lowest BCUT2D eigenvalue weighted by molar-refractivity contribution is -0.0696. The van der Waals surface area contributed by atoms with Crippen molar-refractivity contribution in [1.29, 1.82) is 0 Å². The monoisotopic (exact) mass is 705 g/mol. The molecule has 6 unspecified atom stereocenters. The Labute approximate surface area is 300 Å². The molecule has 0 heterocycles. The first-order chi connectivity index (χ1) is 22.0. The van der Waals surface area contributed by atoms with Gasteiger partial charge in [0, 0.05) is 13.2 Å². The lowest BCUT2D eigenvalue weighted by Gasteiger charge is -2.34. The van der Waals surface area contributed by atoms with Crippen LogP contribution in [0.15, 0.2) is 0 Å². The molecule has 0 amide bonds. The summed E-state index contributed by atoms with van der Waals surface area (Å²) in [4.78, 5) is 10.9. The first kappa shape index (κ1) is 48.0. The zero-order valence-corrected chi connectivity index (χ0v) is 35.7. The Hall–Kier alpha value is 0.0300. The van der Waals surface area contributed by atoms with E-state index in [9.17, 15) is 9.46 Å². The van der Waals surface area contributed by atoms with Gasteiger partial charge in [-0.15, -0.1) is 0 Å². The van der Waals surface area contributed by atoms with E-state index in [2.05, 4.69) is 83.1 Å². The van der Waals surface area contributed by atoms with Crippen LogP contribution in [0.3, 0.4) is 0 Å². The van der Waals surface area contributed by atoms with Gasteiger partial charge in [-0.25, -0.2) is 0 Å². The smallest absolute Gasteiger partial charge is 0.359 e. The summed E-state index contributed by atoms with van der Waals surface area (Å²) in [7, 11) is -4.05. The molecule has 0 bridgehead atoms. The largest absolute Gasteiger partial charge is 0.375 e. The predicted octanol–water partition coefficient (Wildman–Crippen LogP) is 12.8. The molecule has 0 aromatic rings. The summed E-state index contributed by atoms with van der Waals surface area (Å²) in [5.41, 5.74) is -0.627. The first-order valence-electron chi connectivity index (χ1n) is 19.9. The van der Waals surface area contributed by atoms with Gasteiger partial charge in [0.2, 0.25) is 0 Å². The van der Waals surface area contributed by atoms with Gasteiger partial charge in [-0.3, -0.25) is 4.57 Å². The van der Waals surface area contributed by atoms with Crippen molar-refractivity contribution in [3.05, 3.63) is 0 Å². The third-order valence-electron chi connectivity index (χ3n) is 10.0. The maximum absolute atomic E-state index is 13.3. The Balaban J connectivity index is 4.49. The molecule has 0 aliphatic rings. The minimum absolute atomic E-state index is 0.246. The lowest BCUT2D eigenvalue weighted by atomic mass is 9.87. The fourth-order valence-corrected chi connectivity index (χ4v) is 7.35. The Morgan fingerprint density at radius 3 is 1.52 bits per heavy atom. The highest BCUT2D eigenvalue weighted by Crippen LogP contribution is 2.57. The number of rotatable bonds is 30. The number of hydrogen-bond donors (Lipinski definition) is 1. The van der Waals surface area contributed by atoms with Gasteiger partial charge in [0.1, 0.15) is 0 Å². The van der Waals surface area contributed by atoms with Crippen LogP contribution in [-0.2, 0) is 23.3 Å². The first-order valence-corrected chi connectivity index (χ1v) is 21.5. The maximum Gasteiger partial charge on any atom is 0.359 e. The van der Waals surface area contributed by atoms with Gasteiger partial charge >= 0.3 is 7.60 Å². The fraction of sp³-hybridized carbons (Fsp3) is 1.00. The highest BCUT2D eigenvalue weighted by Gasteiger charge is 2.43. The molecule has 0 rings (SSSR count). The Bertz CT molecular complexity index is 854. The van der Waals surface area contributed by atoms with Crippen molar-refractivity contribution >= 4 is 7.60 Å². The van der Waals surface area contributed by atoms with Crippen LogP contribution in [0.5, 0.6) is 0 Å². The van der Waals surface area contributed by atoms with E-state index in [1.165, 1.54) is 64.2 Å². The predicted molar refractivity (Wildman–Crippen MR) is 207 cm³/mol. The standard InChI is InChI=1S/C41H85O6P/c1-32(2)18-16-20-34(5)22-24-36(7)30-40(12,13)44-28-26-38(9)47-48(42,43)41(14,15)45-29-27-39(10,11)46-31-37(8)25-23-35(6)21-17-19-33(3)4/h32-38H,16-31H2,1-15H3,(H,42,43). The molecule has 0 fully saturated rings. The summed E-state index contributed by atoms with van der Waals surface area (Å²) in [6.07, 6.45) is 14.6. The zero-order chi connectivity index (χ0) is 37.2. The van der Waals surface area contributed by atoms with Crippen molar-refractivity contribution in [2.45, 2.75) is 210 Å². The molecule has 7 heteroatoms.